The van der Waals surface area contributed by atoms with Gasteiger partial charge in [0.2, 0.25) is 0 Å². The Hall–Kier alpha value is -2.47. The second-order valence-electron chi connectivity index (χ2n) is 4.46. The van der Waals surface area contributed by atoms with Gasteiger partial charge in [-0.1, -0.05) is 12.1 Å². The molecule has 6 heteroatoms. The summed E-state index contributed by atoms with van der Waals surface area (Å²) < 4.78 is 0. The van der Waals surface area contributed by atoms with Crippen LogP contribution in [0.5, 0.6) is 0 Å². The van der Waals surface area contributed by atoms with Crippen LogP contribution in [-0.4, -0.2) is 45.1 Å². The van der Waals surface area contributed by atoms with E-state index in [2.05, 4.69) is 4.98 Å². The third-order valence-electron chi connectivity index (χ3n) is 2.79. The Labute approximate surface area is 115 Å². The van der Waals surface area contributed by atoms with E-state index in [1.165, 1.54) is 4.90 Å². The maximum atomic E-state index is 10.7. The number of hydrogen-bond donors (Lipinski definition) is 2. The normalized spacial score (nSPS) is 10.8. The molecule has 0 unspecified atom stereocenters. The van der Waals surface area contributed by atoms with Crippen molar-refractivity contribution in [2.24, 2.45) is 0 Å². The van der Waals surface area contributed by atoms with Gasteiger partial charge in [-0.25, -0.2) is 0 Å². The Morgan fingerprint density at radius 1 is 1.10 bits per heavy atom. The number of carbonyl (C=O) groups is 2. The highest BCUT2D eigenvalue weighted by atomic mass is 16.4. The minimum absolute atomic E-state index is 0.267. The first kappa shape index (κ1) is 14.0. The van der Waals surface area contributed by atoms with Gasteiger partial charge in [-0.15, -0.1) is 0 Å². The zero-order valence-electron chi connectivity index (χ0n) is 10.7. The highest BCUT2D eigenvalue weighted by molar-refractivity contribution is 5.79. The summed E-state index contributed by atoms with van der Waals surface area (Å²) in [5.41, 5.74) is 1.70. The molecule has 2 N–H and O–H groups in total. The van der Waals surface area contributed by atoms with Crippen LogP contribution >= 0.6 is 0 Å². The molecule has 1 aromatic heterocycles. The summed E-state index contributed by atoms with van der Waals surface area (Å²) in [5, 5.41) is 18.5. The lowest BCUT2D eigenvalue weighted by molar-refractivity contribution is -0.142. The maximum Gasteiger partial charge on any atom is 0.317 e. The molecule has 0 fully saturated rings. The smallest absolute Gasteiger partial charge is 0.317 e. The van der Waals surface area contributed by atoms with Gasteiger partial charge < -0.3 is 10.2 Å². The number of nitrogens with zero attached hydrogens (tertiary/aromatic N) is 2. The highest BCUT2D eigenvalue weighted by Gasteiger charge is 2.14. The first-order valence-corrected chi connectivity index (χ1v) is 6.04. The third kappa shape index (κ3) is 3.76. The first-order valence-electron chi connectivity index (χ1n) is 6.04. The Balaban J connectivity index is 2.18. The fraction of sp³-hybridized carbons (Fsp3) is 0.214. The largest absolute Gasteiger partial charge is 0.480 e. The molecule has 2 rings (SSSR count). The average molecular weight is 274 g/mol. The lowest BCUT2D eigenvalue weighted by Gasteiger charge is -2.18. The molecule has 20 heavy (non-hydrogen) atoms. The van der Waals surface area contributed by atoms with Gasteiger partial charge in [-0.3, -0.25) is 19.5 Å². The second-order valence-corrected chi connectivity index (χ2v) is 4.46. The van der Waals surface area contributed by atoms with E-state index in [0.29, 0.717) is 0 Å². The van der Waals surface area contributed by atoms with E-state index in [-0.39, 0.29) is 19.6 Å². The number of benzene rings is 1. The van der Waals surface area contributed by atoms with Crippen LogP contribution in [0.1, 0.15) is 5.56 Å². The number of hydrogen-bond acceptors (Lipinski definition) is 4. The molecule has 1 aromatic carbocycles. The van der Waals surface area contributed by atoms with Crippen LogP contribution in [-0.2, 0) is 16.1 Å². The summed E-state index contributed by atoms with van der Waals surface area (Å²) in [4.78, 5) is 27.1. The minimum Gasteiger partial charge on any atom is -0.480 e. The summed E-state index contributed by atoms with van der Waals surface area (Å²) in [5.74, 6) is -2.09. The maximum absolute atomic E-state index is 10.7. The van der Waals surface area contributed by atoms with Gasteiger partial charge in [0.25, 0.3) is 0 Å². The number of pyridine rings is 1. The molecule has 104 valence electrons. The van der Waals surface area contributed by atoms with Gasteiger partial charge in [-0.05, 0) is 23.8 Å². The minimum atomic E-state index is -1.05. The van der Waals surface area contributed by atoms with E-state index in [9.17, 15) is 9.59 Å². The summed E-state index contributed by atoms with van der Waals surface area (Å²) in [6.45, 7) is -0.349. The second kappa shape index (κ2) is 6.12. The van der Waals surface area contributed by atoms with E-state index < -0.39 is 11.9 Å². The Kier molecular flexibility index (Phi) is 4.27. The van der Waals surface area contributed by atoms with E-state index in [1.807, 2.05) is 30.3 Å². The zero-order valence-corrected chi connectivity index (χ0v) is 10.7. The Bertz CT molecular complexity index is 626. The van der Waals surface area contributed by atoms with Gasteiger partial charge in [0.05, 0.1) is 18.6 Å². The zero-order chi connectivity index (χ0) is 14.5. The Morgan fingerprint density at radius 2 is 1.80 bits per heavy atom. The van der Waals surface area contributed by atoms with E-state index in [4.69, 9.17) is 10.2 Å². The molecule has 0 saturated heterocycles. The van der Waals surface area contributed by atoms with Crippen molar-refractivity contribution in [3.05, 3.63) is 42.1 Å². The number of fused-ring (bicyclic) bond motifs is 1. The van der Waals surface area contributed by atoms with Crippen molar-refractivity contribution in [1.29, 1.82) is 0 Å². The molecule has 0 radical (unpaired) electrons. The van der Waals surface area contributed by atoms with E-state index >= 15 is 0 Å². The van der Waals surface area contributed by atoms with Gasteiger partial charge in [0, 0.05) is 18.1 Å². The summed E-state index contributed by atoms with van der Waals surface area (Å²) in [6, 6.07) is 9.28. The fourth-order valence-electron chi connectivity index (χ4n) is 2.03. The molecule has 0 aliphatic carbocycles. The molecule has 0 atom stereocenters. The topological polar surface area (TPSA) is 90.7 Å². The SMILES string of the molecule is O=C(O)CN(CC(=O)O)Cc1ccc2ncccc2c1. The summed E-state index contributed by atoms with van der Waals surface area (Å²) in [7, 11) is 0. The van der Waals surface area contributed by atoms with Crippen LogP contribution < -0.4 is 0 Å². The van der Waals surface area contributed by atoms with Crippen molar-refractivity contribution >= 4 is 22.8 Å². The van der Waals surface area contributed by atoms with E-state index in [0.717, 1.165) is 16.5 Å². The molecule has 0 spiro atoms. The highest BCUT2D eigenvalue weighted by Crippen LogP contribution is 2.14. The molecule has 1 heterocycles. The number of aromatic nitrogens is 1. The predicted octanol–water partition coefficient (Wildman–Crippen LogP) is 1.21. The molecule has 6 nitrogen and oxygen atoms in total. The number of carboxylic acid groups (broad SMARTS) is 2. The first-order chi connectivity index (χ1) is 9.54. The fourth-order valence-corrected chi connectivity index (χ4v) is 2.03. The molecule has 0 aliphatic rings. The molecule has 0 saturated carbocycles. The molecule has 0 bridgehead atoms. The van der Waals surface area contributed by atoms with Crippen molar-refractivity contribution in [2.75, 3.05) is 13.1 Å². The third-order valence-corrected chi connectivity index (χ3v) is 2.79. The van der Waals surface area contributed by atoms with Crippen LogP contribution in [0.3, 0.4) is 0 Å². The van der Waals surface area contributed by atoms with Crippen molar-refractivity contribution in [3.8, 4) is 0 Å². The van der Waals surface area contributed by atoms with E-state index in [1.54, 1.807) is 6.20 Å². The molecule has 0 aliphatic heterocycles. The number of rotatable bonds is 6. The van der Waals surface area contributed by atoms with Gasteiger partial charge in [0.15, 0.2) is 0 Å². The van der Waals surface area contributed by atoms with Crippen LogP contribution in [0, 0.1) is 0 Å². The monoisotopic (exact) mass is 274 g/mol. The van der Waals surface area contributed by atoms with Crippen molar-refractivity contribution in [2.45, 2.75) is 6.54 Å². The number of aliphatic carboxylic acids is 2. The molecule has 2 aromatic rings. The Morgan fingerprint density at radius 3 is 2.45 bits per heavy atom. The predicted molar refractivity (Wildman–Crippen MR) is 72.3 cm³/mol. The number of carboxylic acids is 2. The van der Waals surface area contributed by atoms with Crippen LogP contribution in [0.2, 0.25) is 0 Å². The van der Waals surface area contributed by atoms with Crippen LogP contribution in [0.15, 0.2) is 36.5 Å². The average Bonchev–Trinajstić information content (AvgIpc) is 2.37. The lowest BCUT2D eigenvalue weighted by atomic mass is 10.1. The summed E-state index contributed by atoms with van der Waals surface area (Å²) >= 11 is 0. The van der Waals surface area contributed by atoms with Gasteiger partial charge in [-0.2, -0.15) is 0 Å². The van der Waals surface area contributed by atoms with Gasteiger partial charge in [0.1, 0.15) is 0 Å². The molecular weight excluding hydrogens is 260 g/mol. The quantitative estimate of drug-likeness (QED) is 0.822. The van der Waals surface area contributed by atoms with Crippen LogP contribution in [0.25, 0.3) is 10.9 Å². The molecule has 0 amide bonds. The summed E-state index contributed by atoms with van der Waals surface area (Å²) in [6.07, 6.45) is 1.70. The lowest BCUT2D eigenvalue weighted by Crippen LogP contribution is -2.33. The van der Waals surface area contributed by atoms with Gasteiger partial charge >= 0.3 is 11.9 Å². The van der Waals surface area contributed by atoms with Crippen molar-refractivity contribution < 1.29 is 19.8 Å². The van der Waals surface area contributed by atoms with Crippen LogP contribution in [0.4, 0.5) is 0 Å². The van der Waals surface area contributed by atoms with Crippen molar-refractivity contribution in [3.63, 3.8) is 0 Å². The standard InChI is InChI=1S/C14H14N2O4/c17-13(18)8-16(9-14(19)20)7-10-3-4-12-11(6-10)2-1-5-15-12/h1-6H,7-9H2,(H,17,18)(H,19,20). The molecular formula is C14H14N2O4. The van der Waals surface area contributed by atoms with Crippen molar-refractivity contribution in [1.82, 2.24) is 9.88 Å².